The number of hydrogen-bond donors (Lipinski definition) is 2. The van der Waals surface area contributed by atoms with Crippen molar-refractivity contribution in [2.45, 2.75) is 19.6 Å². The molecular weight excluding hydrogens is 513 g/mol. The monoisotopic (exact) mass is 530 g/mol. The standard InChI is InChI=1S/C24H18BrF3N4O2/c1-13-30-20-10-17(25)6-8-19(20)23(34)32(13)21-11-18(7-5-15(21)12-29)31-22(33)14-3-2-4-16(9-14)24(26,27)28/h2-11H,12,29H2,1H3,(H,31,33). The highest BCUT2D eigenvalue weighted by Gasteiger charge is 2.31. The van der Waals surface area contributed by atoms with Gasteiger partial charge < -0.3 is 11.1 Å². The minimum atomic E-state index is -4.57. The quantitative estimate of drug-likeness (QED) is 0.380. The second-order valence-corrected chi connectivity index (χ2v) is 8.46. The van der Waals surface area contributed by atoms with Crippen LogP contribution in [0, 0.1) is 6.92 Å². The van der Waals surface area contributed by atoms with Crippen molar-refractivity contribution in [1.82, 2.24) is 9.55 Å². The molecule has 0 fully saturated rings. The number of amides is 1. The molecule has 1 aromatic heterocycles. The van der Waals surface area contributed by atoms with E-state index in [0.717, 1.165) is 16.6 Å². The Morgan fingerprint density at radius 2 is 1.88 bits per heavy atom. The van der Waals surface area contributed by atoms with Gasteiger partial charge in [-0.25, -0.2) is 4.98 Å². The average Bonchev–Trinajstić information content (AvgIpc) is 2.78. The summed E-state index contributed by atoms with van der Waals surface area (Å²) in [4.78, 5) is 30.5. The zero-order valence-corrected chi connectivity index (χ0v) is 19.4. The number of alkyl halides is 3. The Bertz CT molecular complexity index is 1480. The van der Waals surface area contributed by atoms with E-state index >= 15 is 0 Å². The van der Waals surface area contributed by atoms with Gasteiger partial charge in [-0.1, -0.05) is 28.1 Å². The van der Waals surface area contributed by atoms with Crippen molar-refractivity contribution in [3.8, 4) is 5.69 Å². The Morgan fingerprint density at radius 1 is 1.12 bits per heavy atom. The number of aromatic nitrogens is 2. The predicted molar refractivity (Wildman–Crippen MR) is 127 cm³/mol. The Labute approximate surface area is 200 Å². The van der Waals surface area contributed by atoms with E-state index in [9.17, 15) is 22.8 Å². The largest absolute Gasteiger partial charge is 0.416 e. The topological polar surface area (TPSA) is 90.0 Å². The van der Waals surface area contributed by atoms with E-state index in [2.05, 4.69) is 26.2 Å². The van der Waals surface area contributed by atoms with E-state index in [1.54, 1.807) is 43.3 Å². The van der Waals surface area contributed by atoms with Gasteiger partial charge in [0.2, 0.25) is 0 Å². The van der Waals surface area contributed by atoms with Gasteiger partial charge in [0.15, 0.2) is 0 Å². The third kappa shape index (κ3) is 4.59. The lowest BCUT2D eigenvalue weighted by Crippen LogP contribution is -2.24. The number of nitrogens with one attached hydrogen (secondary N) is 1. The molecule has 1 amide bonds. The maximum absolute atomic E-state index is 13.3. The van der Waals surface area contributed by atoms with E-state index in [-0.39, 0.29) is 23.4 Å². The minimum absolute atomic E-state index is 0.113. The molecule has 4 aromatic rings. The third-order valence-electron chi connectivity index (χ3n) is 5.26. The summed E-state index contributed by atoms with van der Waals surface area (Å²) in [6, 6.07) is 14.0. The van der Waals surface area contributed by atoms with Crippen molar-refractivity contribution in [1.29, 1.82) is 0 Å². The summed E-state index contributed by atoms with van der Waals surface area (Å²) in [6.07, 6.45) is -4.57. The summed E-state index contributed by atoms with van der Waals surface area (Å²) in [5, 5.41) is 2.99. The van der Waals surface area contributed by atoms with Gasteiger partial charge >= 0.3 is 6.18 Å². The van der Waals surface area contributed by atoms with Crippen molar-refractivity contribution < 1.29 is 18.0 Å². The highest BCUT2D eigenvalue weighted by molar-refractivity contribution is 9.10. The second kappa shape index (κ2) is 9.03. The highest BCUT2D eigenvalue weighted by Crippen LogP contribution is 2.30. The van der Waals surface area contributed by atoms with Gasteiger partial charge in [0.1, 0.15) is 5.82 Å². The summed E-state index contributed by atoms with van der Waals surface area (Å²) in [6.45, 7) is 1.79. The molecule has 1 heterocycles. The van der Waals surface area contributed by atoms with Gasteiger partial charge in [0, 0.05) is 22.3 Å². The molecule has 0 aliphatic rings. The molecule has 0 bridgehead atoms. The minimum Gasteiger partial charge on any atom is -0.326 e. The SMILES string of the molecule is Cc1nc2cc(Br)ccc2c(=O)n1-c1cc(NC(=O)c2cccc(C(F)(F)F)c2)ccc1CN. The van der Waals surface area contributed by atoms with Gasteiger partial charge in [0.05, 0.1) is 22.2 Å². The molecule has 0 aliphatic carbocycles. The third-order valence-corrected chi connectivity index (χ3v) is 5.75. The van der Waals surface area contributed by atoms with Crippen molar-refractivity contribution >= 4 is 38.4 Å². The zero-order chi connectivity index (χ0) is 24.6. The number of benzene rings is 3. The number of fused-ring (bicyclic) bond motifs is 1. The number of rotatable bonds is 4. The molecule has 174 valence electrons. The van der Waals surface area contributed by atoms with Crippen LogP contribution in [0.4, 0.5) is 18.9 Å². The summed E-state index contributed by atoms with van der Waals surface area (Å²) < 4.78 is 41.2. The van der Waals surface area contributed by atoms with E-state index in [1.165, 1.54) is 16.7 Å². The smallest absolute Gasteiger partial charge is 0.326 e. The average molecular weight is 531 g/mol. The Hall–Kier alpha value is -3.50. The lowest BCUT2D eigenvalue weighted by Gasteiger charge is -2.16. The number of anilines is 1. The molecule has 3 aromatic carbocycles. The lowest BCUT2D eigenvalue weighted by atomic mass is 10.1. The molecule has 0 spiro atoms. The van der Waals surface area contributed by atoms with Crippen molar-refractivity contribution in [2.24, 2.45) is 5.73 Å². The van der Waals surface area contributed by atoms with Crippen molar-refractivity contribution in [3.05, 3.63) is 98.0 Å². The van der Waals surface area contributed by atoms with Crippen LogP contribution < -0.4 is 16.6 Å². The number of carbonyl (C=O) groups excluding carboxylic acids is 1. The first-order valence-electron chi connectivity index (χ1n) is 10.1. The van der Waals surface area contributed by atoms with Gasteiger partial charge in [-0.2, -0.15) is 13.2 Å². The van der Waals surface area contributed by atoms with Crippen LogP contribution in [-0.4, -0.2) is 15.5 Å². The van der Waals surface area contributed by atoms with Crippen LogP contribution in [0.3, 0.4) is 0 Å². The molecule has 6 nitrogen and oxygen atoms in total. The number of halogens is 4. The van der Waals surface area contributed by atoms with Crippen LogP contribution in [0.15, 0.2) is 69.9 Å². The Morgan fingerprint density at radius 3 is 2.59 bits per heavy atom. The number of nitrogens with two attached hydrogens (primary N) is 1. The summed E-state index contributed by atoms with van der Waals surface area (Å²) in [5.74, 6) is -0.310. The van der Waals surface area contributed by atoms with Gasteiger partial charge in [0.25, 0.3) is 11.5 Å². The summed E-state index contributed by atoms with van der Waals surface area (Å²) in [5.41, 5.74) is 6.36. The van der Waals surface area contributed by atoms with Crippen molar-refractivity contribution in [3.63, 3.8) is 0 Å². The van der Waals surface area contributed by atoms with Crippen LogP contribution in [0.25, 0.3) is 16.6 Å². The zero-order valence-electron chi connectivity index (χ0n) is 17.8. The molecule has 0 aliphatic heterocycles. The Kier molecular flexibility index (Phi) is 6.28. The fraction of sp³-hybridized carbons (Fsp3) is 0.125. The number of nitrogens with zero attached hydrogens (tertiary/aromatic N) is 2. The molecule has 4 rings (SSSR count). The van der Waals surface area contributed by atoms with Crippen LogP contribution in [-0.2, 0) is 12.7 Å². The van der Waals surface area contributed by atoms with Gasteiger partial charge in [-0.3, -0.25) is 14.2 Å². The molecule has 0 saturated carbocycles. The molecule has 34 heavy (non-hydrogen) atoms. The van der Waals surface area contributed by atoms with E-state index in [1.807, 2.05) is 0 Å². The van der Waals surface area contributed by atoms with Crippen LogP contribution in [0.2, 0.25) is 0 Å². The molecule has 0 unspecified atom stereocenters. The fourth-order valence-electron chi connectivity index (χ4n) is 3.62. The maximum Gasteiger partial charge on any atom is 0.416 e. The lowest BCUT2D eigenvalue weighted by molar-refractivity contribution is -0.137. The van der Waals surface area contributed by atoms with E-state index in [4.69, 9.17) is 5.73 Å². The van der Waals surface area contributed by atoms with Crippen LogP contribution >= 0.6 is 15.9 Å². The molecule has 3 N–H and O–H groups in total. The Balaban J connectivity index is 1.76. The van der Waals surface area contributed by atoms with Crippen LogP contribution in [0.5, 0.6) is 0 Å². The molecular formula is C24H18BrF3N4O2. The first kappa shape index (κ1) is 23.7. The first-order valence-corrected chi connectivity index (χ1v) is 10.9. The van der Waals surface area contributed by atoms with Gasteiger partial charge in [-0.15, -0.1) is 0 Å². The maximum atomic E-state index is 13.3. The predicted octanol–water partition coefficient (Wildman–Crippen LogP) is 5.19. The second-order valence-electron chi connectivity index (χ2n) is 7.54. The van der Waals surface area contributed by atoms with Crippen molar-refractivity contribution in [2.75, 3.05) is 5.32 Å². The normalized spacial score (nSPS) is 11.6. The first-order chi connectivity index (χ1) is 16.1. The molecule has 0 atom stereocenters. The fourth-order valence-corrected chi connectivity index (χ4v) is 3.96. The van der Waals surface area contributed by atoms with E-state index in [0.29, 0.717) is 28.0 Å². The number of hydrogen-bond acceptors (Lipinski definition) is 4. The number of carbonyl (C=O) groups is 1. The number of aryl methyl sites for hydroxylation is 1. The summed E-state index contributed by atoms with van der Waals surface area (Å²) in [7, 11) is 0. The summed E-state index contributed by atoms with van der Waals surface area (Å²) >= 11 is 3.37. The highest BCUT2D eigenvalue weighted by atomic mass is 79.9. The molecule has 10 heteroatoms. The van der Waals surface area contributed by atoms with E-state index < -0.39 is 17.6 Å². The molecule has 0 radical (unpaired) electrons. The van der Waals surface area contributed by atoms with Gasteiger partial charge in [-0.05, 0) is 61.0 Å². The van der Waals surface area contributed by atoms with Crippen LogP contribution in [0.1, 0.15) is 27.3 Å². The molecule has 0 saturated heterocycles.